The van der Waals surface area contributed by atoms with E-state index in [2.05, 4.69) is 467 Å². The van der Waals surface area contributed by atoms with Gasteiger partial charge in [-0.25, -0.2) is 29.9 Å². The third-order valence-corrected chi connectivity index (χ3v) is 28.9. The molecule has 0 N–H and O–H groups in total. The molecule has 12 heteroatoms. The molecular weight excluding hydrogens is 1710 g/mol. The molecule has 0 saturated heterocycles. The van der Waals surface area contributed by atoms with Gasteiger partial charge in [0.2, 0.25) is 17.8 Å². The fraction of sp³-hybridized carbons (Fsp3) is 0.00787. The molecule has 0 aliphatic heterocycles. The van der Waals surface area contributed by atoms with Crippen molar-refractivity contribution in [2.45, 2.75) is 6.92 Å². The Morgan fingerprint density at radius 1 is 0.237 bits per heavy atom. The predicted molar refractivity (Wildman–Crippen MR) is 585 cm³/mol. The Labute approximate surface area is 801 Å². The second-order valence-electron chi connectivity index (χ2n) is 35.4. The van der Waals surface area contributed by atoms with Crippen LogP contribution in [-0.2, 0) is 0 Å². The fourth-order valence-electron chi connectivity index (χ4n) is 21.7. The molecule has 0 aliphatic carbocycles. The number of aromatic nitrogens is 11. The van der Waals surface area contributed by atoms with Crippen LogP contribution in [-0.4, -0.2) is 52.7 Å². The Morgan fingerprint density at radius 3 is 1.12 bits per heavy atom. The SMILES string of the molecule is C=Cc1c(/C=C\C)c2c3ccccc3c3c4ccccc4sc3c2n1-c1nc(-c2ccccc2)c2ccccc2n1.c1ccc(-c2nc(-n3c4ccccc4c4cc(-c5ccc6c(c5)c5ccccc5n6-c5ccccc5)ccc43)nc3ccccc23)cc1.c1ccc(-n2c3ccccc3c3c4ccccc4c4c5ccccc5n(-c5nc(-c6ccc7ccccc7c6)c6ccccc6n5)c4c32)cc1. The average molecular weight is 1790 g/mol. The summed E-state index contributed by atoms with van der Waals surface area (Å²) in [5.41, 5.74) is 25.7. The van der Waals surface area contributed by atoms with Crippen molar-refractivity contribution < 1.29 is 0 Å². The van der Waals surface area contributed by atoms with Crippen molar-refractivity contribution in [1.29, 1.82) is 0 Å². The van der Waals surface area contributed by atoms with Crippen LogP contribution in [0, 0.1) is 0 Å². The highest BCUT2D eigenvalue weighted by molar-refractivity contribution is 7.27. The lowest BCUT2D eigenvalue weighted by molar-refractivity contribution is 0.976. The summed E-state index contributed by atoms with van der Waals surface area (Å²) >= 11 is 1.83. The van der Waals surface area contributed by atoms with Crippen LogP contribution in [0.4, 0.5) is 0 Å². The maximum Gasteiger partial charge on any atom is 0.235 e. The van der Waals surface area contributed by atoms with E-state index >= 15 is 0 Å². The van der Waals surface area contributed by atoms with Crippen molar-refractivity contribution in [3.8, 4) is 74.1 Å². The Kier molecular flexibility index (Phi) is 18.9. The number of nitrogens with zero attached hydrogens (tertiary/aromatic N) is 11. The minimum absolute atomic E-state index is 0.646. The molecule has 0 fully saturated rings. The highest BCUT2D eigenvalue weighted by atomic mass is 32.1. The van der Waals surface area contributed by atoms with Crippen LogP contribution in [0.2, 0.25) is 0 Å². The molecule has 0 bridgehead atoms. The third-order valence-electron chi connectivity index (χ3n) is 27.7. The Hall–Kier alpha value is -18.4. The molecular formula is C127H81N11S. The van der Waals surface area contributed by atoms with E-state index < -0.39 is 0 Å². The Bertz CT molecular complexity index is 10100. The van der Waals surface area contributed by atoms with Crippen molar-refractivity contribution in [2.24, 2.45) is 0 Å². The fourth-order valence-corrected chi connectivity index (χ4v) is 23.0. The molecule has 29 aromatic rings. The quantitative estimate of drug-likeness (QED) is 0.128. The molecule has 0 atom stereocenters. The van der Waals surface area contributed by atoms with E-state index in [1.807, 2.05) is 41.7 Å². The van der Waals surface area contributed by atoms with Crippen molar-refractivity contribution in [2.75, 3.05) is 0 Å². The molecule has 139 heavy (non-hydrogen) atoms. The van der Waals surface area contributed by atoms with Gasteiger partial charge in [0.1, 0.15) is 0 Å². The van der Waals surface area contributed by atoms with Crippen LogP contribution >= 0.6 is 11.3 Å². The lowest BCUT2D eigenvalue weighted by Crippen LogP contribution is -2.05. The first kappa shape index (κ1) is 80.3. The van der Waals surface area contributed by atoms with Crippen molar-refractivity contribution in [1.82, 2.24) is 52.7 Å². The van der Waals surface area contributed by atoms with Gasteiger partial charge in [-0.3, -0.25) is 13.7 Å². The van der Waals surface area contributed by atoms with Crippen LogP contribution < -0.4 is 0 Å². The summed E-state index contributed by atoms with van der Waals surface area (Å²) in [6, 6.07) is 157. The maximum atomic E-state index is 5.51. The van der Waals surface area contributed by atoms with Crippen LogP contribution in [0.3, 0.4) is 0 Å². The monoisotopic (exact) mass is 1790 g/mol. The molecule has 0 radical (unpaired) electrons. The summed E-state index contributed by atoms with van der Waals surface area (Å²) in [5.74, 6) is 1.97. The Balaban J connectivity index is 0.000000106. The second-order valence-corrected chi connectivity index (χ2v) is 36.5. The predicted octanol–water partition coefficient (Wildman–Crippen LogP) is 33.4. The number of rotatable bonds is 11. The van der Waals surface area contributed by atoms with Crippen molar-refractivity contribution in [3.05, 3.63) is 467 Å². The summed E-state index contributed by atoms with van der Waals surface area (Å²) in [6.45, 7) is 6.36. The van der Waals surface area contributed by atoms with E-state index in [-0.39, 0.29) is 0 Å². The third kappa shape index (κ3) is 12.9. The molecule has 11 nitrogen and oxygen atoms in total. The van der Waals surface area contributed by atoms with E-state index in [0.29, 0.717) is 17.8 Å². The number of hydrogen-bond acceptors (Lipinski definition) is 7. The molecule has 650 valence electrons. The summed E-state index contributed by atoms with van der Waals surface area (Å²) in [7, 11) is 0. The van der Waals surface area contributed by atoms with Crippen molar-refractivity contribution >= 4 is 207 Å². The topological polar surface area (TPSA) is 102 Å². The van der Waals surface area contributed by atoms with E-state index in [1.165, 1.54) is 129 Å². The molecule has 9 heterocycles. The zero-order valence-corrected chi connectivity index (χ0v) is 76.2. The average Bonchev–Trinajstić information content (AvgIpc) is 1.52. The molecule has 29 rings (SSSR count). The molecule has 0 amide bonds. The smallest absolute Gasteiger partial charge is 0.235 e. The number of para-hydroxylation sites is 9. The standard InChI is InChI=1S/C46H28N4.C44H28N4.C37H25N3S/c1-2-16-32(17-3-1)49-39-24-12-9-21-36(39)41-33-18-6-7-19-34(33)42-37-22-10-13-25-40(37)50(45(42)44(41)49)46-47-38-23-11-8-20-35(38)43(48-46)31-27-26-29-14-4-5-15-30(29)28-31;1-3-13-29(14-4-1)43-35-19-7-10-20-38(35)45-44(46-43)48-40-22-12-9-18-34(40)37-28-31(24-26-42(37)48)30-23-25-41-36(27-30)33-17-8-11-21-39(33)47(41)32-15-5-2-6-16-32;1-3-14-27-30(4-2)40(37-38-29-21-12-10-19-26(29)34(39-37)23-15-6-5-7-16-23)35-32(27)24-17-8-9-18-25(24)33-28-20-11-13-22-31(28)41-36(33)35/h1-28H;1-28H;3-22H,2H2,1H3/b;;14-3-. The van der Waals surface area contributed by atoms with E-state index in [4.69, 9.17) is 29.9 Å². The molecule has 0 aliphatic rings. The highest BCUT2D eigenvalue weighted by Crippen LogP contribution is 2.51. The zero-order valence-electron chi connectivity index (χ0n) is 75.4. The number of hydrogen-bond donors (Lipinski definition) is 0. The van der Waals surface area contributed by atoms with Gasteiger partial charge in [-0.2, -0.15) is 0 Å². The molecule has 0 unspecified atom stereocenters. The van der Waals surface area contributed by atoms with Crippen LogP contribution in [0.1, 0.15) is 18.2 Å². The van der Waals surface area contributed by atoms with Gasteiger partial charge in [0.05, 0.1) is 93.7 Å². The first-order chi connectivity index (χ1) is 68.9. The number of benzene rings is 20. The van der Waals surface area contributed by atoms with Crippen LogP contribution in [0.25, 0.3) is 270 Å². The molecule has 0 saturated carbocycles. The van der Waals surface area contributed by atoms with Crippen LogP contribution in [0.15, 0.2) is 455 Å². The zero-order chi connectivity index (χ0) is 91.9. The van der Waals surface area contributed by atoms with E-state index in [1.54, 1.807) is 0 Å². The molecule has 9 aromatic heterocycles. The minimum Gasteiger partial charge on any atom is -0.309 e. The maximum absolute atomic E-state index is 5.51. The summed E-state index contributed by atoms with van der Waals surface area (Å²) in [4.78, 5) is 31.7. The first-order valence-corrected chi connectivity index (χ1v) is 47.9. The first-order valence-electron chi connectivity index (χ1n) is 47.0. The minimum atomic E-state index is 0.646. The highest BCUT2D eigenvalue weighted by Gasteiger charge is 2.30. The molecule has 20 aromatic carbocycles. The molecule has 0 spiro atoms. The van der Waals surface area contributed by atoms with Crippen molar-refractivity contribution in [3.63, 3.8) is 0 Å². The van der Waals surface area contributed by atoms with Gasteiger partial charge in [-0.05, 0) is 160 Å². The van der Waals surface area contributed by atoms with Gasteiger partial charge in [0.25, 0.3) is 0 Å². The number of allylic oxidation sites excluding steroid dienone is 1. The van der Waals surface area contributed by atoms with Crippen LogP contribution in [0.5, 0.6) is 0 Å². The van der Waals surface area contributed by atoms with Gasteiger partial charge < -0.3 is 9.13 Å². The van der Waals surface area contributed by atoms with Gasteiger partial charge in [0, 0.05) is 114 Å². The van der Waals surface area contributed by atoms with Gasteiger partial charge in [-0.15, -0.1) is 11.3 Å². The van der Waals surface area contributed by atoms with E-state index in [0.717, 1.165) is 122 Å². The summed E-state index contributed by atoms with van der Waals surface area (Å²) in [5, 5.41) is 23.8. The number of fused-ring (bicyclic) bond motifs is 28. The van der Waals surface area contributed by atoms with Gasteiger partial charge in [-0.1, -0.05) is 358 Å². The Morgan fingerprint density at radius 2 is 0.597 bits per heavy atom. The van der Waals surface area contributed by atoms with E-state index in [9.17, 15) is 0 Å². The normalized spacial score (nSPS) is 11.9. The lowest BCUT2D eigenvalue weighted by atomic mass is 9.98. The number of thiophene rings is 1. The summed E-state index contributed by atoms with van der Waals surface area (Å²) < 4.78 is 14.1. The van der Waals surface area contributed by atoms with Gasteiger partial charge >= 0.3 is 0 Å². The lowest BCUT2D eigenvalue weighted by Gasteiger charge is -2.15. The second kappa shape index (κ2) is 32.8. The summed E-state index contributed by atoms with van der Waals surface area (Å²) in [6.07, 6.45) is 6.25. The largest absolute Gasteiger partial charge is 0.309 e. The van der Waals surface area contributed by atoms with Gasteiger partial charge in [0.15, 0.2) is 0 Å².